The van der Waals surface area contributed by atoms with E-state index in [1.807, 2.05) is 67.1 Å². The summed E-state index contributed by atoms with van der Waals surface area (Å²) >= 11 is 7.46. The maximum atomic E-state index is 13.2. The van der Waals surface area contributed by atoms with E-state index < -0.39 is 5.25 Å². The van der Waals surface area contributed by atoms with Crippen LogP contribution in [0.3, 0.4) is 0 Å². The van der Waals surface area contributed by atoms with Crippen LogP contribution in [0.2, 0.25) is 5.02 Å². The van der Waals surface area contributed by atoms with Crippen LogP contribution in [0.1, 0.15) is 31.3 Å². The number of thioether (sulfide) groups is 1. The van der Waals surface area contributed by atoms with Crippen molar-refractivity contribution in [3.63, 3.8) is 0 Å². The molecule has 0 bridgehead atoms. The Kier molecular flexibility index (Phi) is 6.15. The molecule has 2 aromatic carbocycles. The van der Waals surface area contributed by atoms with E-state index in [1.54, 1.807) is 0 Å². The number of benzene rings is 2. The second kappa shape index (κ2) is 8.97. The normalized spacial score (nSPS) is 17.7. The zero-order chi connectivity index (χ0) is 21.1. The molecule has 2 atom stereocenters. The monoisotopic (exact) mass is 443 g/mol. The topological polar surface area (TPSA) is 81.1 Å². The molecule has 9 heteroatoms. The number of ether oxygens (including phenoxy) is 1. The highest BCUT2D eigenvalue weighted by molar-refractivity contribution is 8.00. The van der Waals surface area contributed by atoms with Crippen LogP contribution >= 0.6 is 23.4 Å². The lowest BCUT2D eigenvalue weighted by atomic mass is 10.0. The molecule has 1 aromatic heterocycles. The number of nitrogens with zero attached hydrogens (tertiary/aromatic N) is 3. The first-order chi connectivity index (χ1) is 14.6. The van der Waals surface area contributed by atoms with Gasteiger partial charge in [-0.2, -0.15) is 0 Å². The number of hydrogen-bond donors (Lipinski definition) is 2. The van der Waals surface area contributed by atoms with Gasteiger partial charge in [-0.15, -0.1) is 10.2 Å². The molecule has 1 aliphatic heterocycles. The predicted molar refractivity (Wildman–Crippen MR) is 119 cm³/mol. The highest BCUT2D eigenvalue weighted by Gasteiger charge is 2.37. The smallest absolute Gasteiger partial charge is 0.240 e. The third kappa shape index (κ3) is 4.24. The fraction of sp³-hybridized carbons (Fsp3) is 0.286. The second-order valence-electron chi connectivity index (χ2n) is 6.73. The molecule has 2 heterocycles. The fourth-order valence-electron chi connectivity index (χ4n) is 3.26. The summed E-state index contributed by atoms with van der Waals surface area (Å²) < 4.78 is 7.33. The van der Waals surface area contributed by atoms with E-state index in [9.17, 15) is 4.79 Å². The van der Waals surface area contributed by atoms with Gasteiger partial charge in [-0.25, -0.2) is 4.68 Å². The molecule has 3 aromatic rings. The van der Waals surface area contributed by atoms with Crippen LogP contribution in [0, 0.1) is 0 Å². The number of fused-ring (bicyclic) bond motifs is 1. The molecule has 30 heavy (non-hydrogen) atoms. The number of amides is 1. The Balaban J connectivity index is 1.60. The zero-order valence-corrected chi connectivity index (χ0v) is 18.2. The van der Waals surface area contributed by atoms with Crippen LogP contribution in [0.15, 0.2) is 53.7 Å². The average molecular weight is 444 g/mol. The predicted octanol–water partition coefficient (Wildman–Crippen LogP) is 4.29. The van der Waals surface area contributed by atoms with E-state index >= 15 is 0 Å². The number of carbonyl (C=O) groups excluding carboxylic acids is 1. The van der Waals surface area contributed by atoms with E-state index in [2.05, 4.69) is 20.9 Å². The number of anilines is 1. The molecule has 1 aliphatic rings. The Morgan fingerprint density at radius 3 is 2.57 bits per heavy atom. The summed E-state index contributed by atoms with van der Waals surface area (Å²) in [5.41, 5.74) is 5.09. The lowest BCUT2D eigenvalue weighted by Gasteiger charge is -2.33. The van der Waals surface area contributed by atoms with Crippen LogP contribution in [-0.2, 0) is 11.2 Å². The minimum atomic E-state index is -0.445. The number of halogens is 1. The minimum absolute atomic E-state index is 0.121. The van der Waals surface area contributed by atoms with Crippen LogP contribution < -0.4 is 15.5 Å². The van der Waals surface area contributed by atoms with Crippen molar-refractivity contribution in [1.29, 1.82) is 0 Å². The molecule has 1 amide bonds. The van der Waals surface area contributed by atoms with Gasteiger partial charge in [0.15, 0.2) is 5.82 Å². The molecule has 0 saturated heterocycles. The van der Waals surface area contributed by atoms with Crippen LogP contribution in [-0.4, -0.2) is 32.6 Å². The van der Waals surface area contributed by atoms with Gasteiger partial charge in [0.2, 0.25) is 11.1 Å². The van der Waals surface area contributed by atoms with Crippen molar-refractivity contribution < 1.29 is 9.53 Å². The molecule has 156 valence electrons. The van der Waals surface area contributed by atoms with E-state index in [0.717, 1.165) is 23.6 Å². The van der Waals surface area contributed by atoms with Crippen molar-refractivity contribution in [2.24, 2.45) is 0 Å². The van der Waals surface area contributed by atoms with E-state index in [4.69, 9.17) is 16.3 Å². The number of rotatable bonds is 6. The van der Waals surface area contributed by atoms with Crippen molar-refractivity contribution in [3.05, 3.63) is 64.9 Å². The number of aryl methyl sites for hydroxylation is 1. The lowest BCUT2D eigenvalue weighted by molar-refractivity contribution is -0.116. The largest absolute Gasteiger partial charge is 0.494 e. The van der Waals surface area contributed by atoms with Gasteiger partial charge in [0.05, 0.1) is 12.6 Å². The lowest BCUT2D eigenvalue weighted by Crippen LogP contribution is -2.41. The fourth-order valence-corrected chi connectivity index (χ4v) is 4.49. The Morgan fingerprint density at radius 1 is 1.17 bits per heavy atom. The molecule has 0 fully saturated rings. The molecule has 7 nitrogen and oxygen atoms in total. The molecule has 4 rings (SSSR count). The number of aromatic nitrogens is 3. The van der Waals surface area contributed by atoms with Crippen molar-refractivity contribution in [2.75, 3.05) is 17.3 Å². The van der Waals surface area contributed by atoms with Gasteiger partial charge in [-0.05, 0) is 48.9 Å². The standard InChI is InChI=1S/C21H22ClN5O2S/c1-3-17-24-25-21-27(17)26-18(13-5-7-14(22)8-6-13)19(30-21)20(28)23-15-9-11-16(12-10-15)29-4-2/h5-12,18-19,26H,3-4H2,1-2H3,(H,23,28)/t18-,19+/m1/s1. The van der Waals surface area contributed by atoms with Gasteiger partial charge < -0.3 is 15.5 Å². The summed E-state index contributed by atoms with van der Waals surface area (Å²) in [7, 11) is 0. The maximum Gasteiger partial charge on any atom is 0.240 e. The van der Waals surface area contributed by atoms with E-state index in [0.29, 0.717) is 22.5 Å². The summed E-state index contributed by atoms with van der Waals surface area (Å²) in [5.74, 6) is 1.47. The molecule has 0 spiro atoms. The molecule has 0 aliphatic carbocycles. The minimum Gasteiger partial charge on any atom is -0.494 e. The quantitative estimate of drug-likeness (QED) is 0.591. The highest BCUT2D eigenvalue weighted by atomic mass is 35.5. The first-order valence-corrected chi connectivity index (χ1v) is 11.0. The first kappa shape index (κ1) is 20.6. The van der Waals surface area contributed by atoms with Gasteiger partial charge in [0.25, 0.3) is 0 Å². The first-order valence-electron chi connectivity index (χ1n) is 9.75. The summed E-state index contributed by atoms with van der Waals surface area (Å²) in [6.07, 6.45) is 0.733. The highest BCUT2D eigenvalue weighted by Crippen LogP contribution is 2.38. The molecule has 2 N–H and O–H groups in total. The molecule has 0 saturated carbocycles. The van der Waals surface area contributed by atoms with Gasteiger partial charge in [-0.1, -0.05) is 42.4 Å². The van der Waals surface area contributed by atoms with Crippen molar-refractivity contribution in [3.8, 4) is 5.75 Å². The molecular formula is C21H22ClN5O2S. The van der Waals surface area contributed by atoms with Crippen LogP contribution in [0.25, 0.3) is 0 Å². The molecule has 0 unspecified atom stereocenters. The number of hydrogen-bond acceptors (Lipinski definition) is 6. The third-order valence-electron chi connectivity index (χ3n) is 4.74. The van der Waals surface area contributed by atoms with Crippen molar-refractivity contribution >= 4 is 35.0 Å². The summed E-state index contributed by atoms with van der Waals surface area (Å²) in [6, 6.07) is 14.6. The third-order valence-corrected chi connectivity index (χ3v) is 6.21. The SMILES string of the molecule is CCOc1ccc(NC(=O)[C@H]2Sc3nnc(CC)n3N[C@@H]2c2ccc(Cl)cc2)cc1. The number of nitrogens with one attached hydrogen (secondary N) is 2. The van der Waals surface area contributed by atoms with Gasteiger partial charge >= 0.3 is 0 Å². The Morgan fingerprint density at radius 2 is 1.90 bits per heavy atom. The Labute approximate surface area is 184 Å². The summed E-state index contributed by atoms with van der Waals surface area (Å²) in [4.78, 5) is 13.2. The van der Waals surface area contributed by atoms with Crippen LogP contribution in [0.4, 0.5) is 5.69 Å². The van der Waals surface area contributed by atoms with E-state index in [1.165, 1.54) is 11.8 Å². The van der Waals surface area contributed by atoms with Gasteiger partial charge in [0.1, 0.15) is 11.0 Å². The zero-order valence-electron chi connectivity index (χ0n) is 16.6. The van der Waals surface area contributed by atoms with Crippen molar-refractivity contribution in [2.45, 2.75) is 36.7 Å². The summed E-state index contributed by atoms with van der Waals surface area (Å²) in [5, 5.41) is 12.3. The Bertz CT molecular complexity index is 1020. The second-order valence-corrected chi connectivity index (χ2v) is 8.28. The van der Waals surface area contributed by atoms with Gasteiger partial charge in [-0.3, -0.25) is 4.79 Å². The molecular weight excluding hydrogens is 422 g/mol. The van der Waals surface area contributed by atoms with Gasteiger partial charge in [0, 0.05) is 17.1 Å². The van der Waals surface area contributed by atoms with E-state index in [-0.39, 0.29) is 11.9 Å². The molecule has 0 radical (unpaired) electrons. The number of carbonyl (C=O) groups is 1. The maximum absolute atomic E-state index is 13.2. The van der Waals surface area contributed by atoms with Crippen molar-refractivity contribution in [1.82, 2.24) is 14.9 Å². The summed E-state index contributed by atoms with van der Waals surface area (Å²) in [6.45, 7) is 4.55. The van der Waals surface area contributed by atoms with Crippen LogP contribution in [0.5, 0.6) is 5.75 Å². The Hall–Kier alpha value is -2.71. The average Bonchev–Trinajstić information content (AvgIpc) is 3.17.